The van der Waals surface area contributed by atoms with Crippen LogP contribution in [-0.2, 0) is 9.53 Å². The summed E-state index contributed by atoms with van der Waals surface area (Å²) in [5.74, 6) is -1.11. The maximum atomic E-state index is 11.6. The number of nitro benzene ring substituents is 1. The van der Waals surface area contributed by atoms with Gasteiger partial charge < -0.3 is 14.7 Å². The normalized spacial score (nSPS) is 16.4. The third-order valence-corrected chi connectivity index (χ3v) is 4.86. The van der Waals surface area contributed by atoms with E-state index in [0.29, 0.717) is 37.4 Å². The van der Waals surface area contributed by atoms with Crippen molar-refractivity contribution in [3.05, 3.63) is 33.9 Å². The lowest BCUT2D eigenvalue weighted by atomic mass is 9.92. The molecule has 1 aromatic carbocycles. The molecule has 0 aliphatic carbocycles. The lowest BCUT2D eigenvalue weighted by Gasteiger charge is -2.35. The van der Waals surface area contributed by atoms with Crippen LogP contribution in [0.2, 0.25) is 0 Å². The number of nitrogens with zero attached hydrogens (tertiary/aromatic N) is 2. The van der Waals surface area contributed by atoms with E-state index in [0.717, 1.165) is 12.8 Å². The van der Waals surface area contributed by atoms with Crippen molar-refractivity contribution in [1.29, 1.82) is 0 Å². The maximum absolute atomic E-state index is 11.6. The first-order valence-corrected chi connectivity index (χ1v) is 8.82. The predicted octanol–water partition coefficient (Wildman–Crippen LogP) is 3.57. The second-order valence-electron chi connectivity index (χ2n) is 6.34. The molecule has 1 N–H and O–H groups in total. The summed E-state index contributed by atoms with van der Waals surface area (Å²) in [6.45, 7) is 5.91. The fourth-order valence-electron chi connectivity index (χ4n) is 3.51. The minimum absolute atomic E-state index is 0.0234. The largest absolute Gasteiger partial charge is 0.481 e. The molecule has 1 aliphatic rings. The van der Waals surface area contributed by atoms with E-state index in [1.165, 1.54) is 0 Å². The lowest BCUT2D eigenvalue weighted by molar-refractivity contribution is -0.384. The minimum atomic E-state index is -0.893. The van der Waals surface area contributed by atoms with E-state index in [9.17, 15) is 14.9 Å². The van der Waals surface area contributed by atoms with Crippen LogP contribution in [0.5, 0.6) is 0 Å². The van der Waals surface area contributed by atoms with Gasteiger partial charge in [-0.3, -0.25) is 14.9 Å². The molecule has 138 valence electrons. The Balaban J connectivity index is 2.37. The van der Waals surface area contributed by atoms with Crippen LogP contribution < -0.4 is 4.90 Å². The van der Waals surface area contributed by atoms with Gasteiger partial charge in [-0.1, -0.05) is 13.0 Å². The van der Waals surface area contributed by atoms with E-state index < -0.39 is 5.97 Å². The van der Waals surface area contributed by atoms with Crippen LogP contribution in [-0.4, -0.2) is 41.8 Å². The fraction of sp³-hybridized carbons (Fsp3) is 0.611. The number of hydrogen-bond acceptors (Lipinski definition) is 5. The standard InChI is InChI=1S/C18H26N2O5/c1-3-13(12-18(21)22)14-5-6-16(17(11-14)20(23)24)19(4-2)15-7-9-25-10-8-15/h5-6,11,13,15H,3-4,7-10,12H2,1-2H3,(H,21,22). The molecule has 1 aliphatic heterocycles. The highest BCUT2D eigenvalue weighted by Crippen LogP contribution is 2.35. The highest BCUT2D eigenvalue weighted by molar-refractivity contribution is 5.69. The number of carboxylic acid groups (broad SMARTS) is 1. The van der Waals surface area contributed by atoms with Gasteiger partial charge in [-0.15, -0.1) is 0 Å². The first kappa shape index (κ1) is 19.2. The molecule has 1 aromatic rings. The van der Waals surface area contributed by atoms with Crippen LogP contribution in [0.25, 0.3) is 0 Å². The van der Waals surface area contributed by atoms with Crippen molar-refractivity contribution in [2.45, 2.75) is 51.5 Å². The van der Waals surface area contributed by atoms with Crippen molar-refractivity contribution in [2.24, 2.45) is 0 Å². The number of rotatable bonds is 8. The minimum Gasteiger partial charge on any atom is -0.481 e. The van der Waals surface area contributed by atoms with Crippen molar-refractivity contribution in [2.75, 3.05) is 24.7 Å². The first-order chi connectivity index (χ1) is 12.0. The molecule has 1 unspecified atom stereocenters. The van der Waals surface area contributed by atoms with Crippen molar-refractivity contribution in [1.82, 2.24) is 0 Å². The van der Waals surface area contributed by atoms with Crippen molar-refractivity contribution in [3.8, 4) is 0 Å². The van der Waals surface area contributed by atoms with Gasteiger partial charge in [-0.25, -0.2) is 0 Å². The van der Waals surface area contributed by atoms with Gasteiger partial charge in [0.2, 0.25) is 0 Å². The molecule has 7 nitrogen and oxygen atoms in total. The van der Waals surface area contributed by atoms with Gasteiger partial charge in [0.15, 0.2) is 0 Å². The summed E-state index contributed by atoms with van der Waals surface area (Å²) in [6, 6.07) is 5.39. The average molecular weight is 350 g/mol. The molecule has 0 radical (unpaired) electrons. The summed E-state index contributed by atoms with van der Waals surface area (Å²) in [6.07, 6.45) is 2.30. The molecule has 1 fully saturated rings. The lowest BCUT2D eigenvalue weighted by Crippen LogP contribution is -2.39. The van der Waals surface area contributed by atoms with E-state index in [1.807, 2.05) is 19.9 Å². The Hall–Kier alpha value is -2.15. The highest BCUT2D eigenvalue weighted by Gasteiger charge is 2.27. The summed E-state index contributed by atoms with van der Waals surface area (Å²) < 4.78 is 5.39. The van der Waals surface area contributed by atoms with Gasteiger partial charge >= 0.3 is 5.97 Å². The average Bonchev–Trinajstić information content (AvgIpc) is 2.61. The van der Waals surface area contributed by atoms with Crippen LogP contribution in [0, 0.1) is 10.1 Å². The Morgan fingerprint density at radius 3 is 2.60 bits per heavy atom. The molecule has 0 amide bonds. The number of aliphatic carboxylic acids is 1. The summed E-state index contributed by atoms with van der Waals surface area (Å²) >= 11 is 0. The van der Waals surface area contributed by atoms with Gasteiger partial charge in [0.25, 0.3) is 5.69 Å². The van der Waals surface area contributed by atoms with E-state index in [-0.39, 0.29) is 29.0 Å². The molecule has 1 atom stereocenters. The highest BCUT2D eigenvalue weighted by atomic mass is 16.6. The molecular weight excluding hydrogens is 324 g/mol. The molecule has 2 rings (SSSR count). The van der Waals surface area contributed by atoms with Crippen LogP contribution in [0.15, 0.2) is 18.2 Å². The molecule has 1 saturated heterocycles. The number of benzene rings is 1. The van der Waals surface area contributed by atoms with E-state index in [4.69, 9.17) is 9.84 Å². The zero-order chi connectivity index (χ0) is 18.4. The predicted molar refractivity (Wildman–Crippen MR) is 95.2 cm³/mol. The molecule has 0 bridgehead atoms. The number of nitro groups is 1. The summed E-state index contributed by atoms with van der Waals surface area (Å²) in [5, 5.41) is 20.7. The van der Waals surface area contributed by atoms with Gasteiger partial charge in [0.05, 0.1) is 11.3 Å². The monoisotopic (exact) mass is 350 g/mol. The van der Waals surface area contributed by atoms with E-state index in [1.54, 1.807) is 12.1 Å². The number of carboxylic acids is 1. The van der Waals surface area contributed by atoms with Gasteiger partial charge in [-0.05, 0) is 43.7 Å². The fourth-order valence-corrected chi connectivity index (χ4v) is 3.51. The van der Waals surface area contributed by atoms with Gasteiger partial charge in [0.1, 0.15) is 5.69 Å². The SMILES string of the molecule is CCC(CC(=O)O)c1ccc(N(CC)C2CCOCC2)c([N+](=O)[O-])c1. The third kappa shape index (κ3) is 4.69. The number of ether oxygens (including phenoxy) is 1. The number of carbonyl (C=O) groups is 1. The van der Waals surface area contributed by atoms with Crippen LogP contribution in [0.3, 0.4) is 0 Å². The molecule has 0 aromatic heterocycles. The molecule has 0 saturated carbocycles. The first-order valence-electron chi connectivity index (χ1n) is 8.82. The summed E-state index contributed by atoms with van der Waals surface area (Å²) in [7, 11) is 0. The number of hydrogen-bond donors (Lipinski definition) is 1. The summed E-state index contributed by atoms with van der Waals surface area (Å²) in [4.78, 5) is 24.4. The van der Waals surface area contributed by atoms with Crippen molar-refractivity contribution < 1.29 is 19.6 Å². The second-order valence-corrected chi connectivity index (χ2v) is 6.34. The van der Waals surface area contributed by atoms with Gasteiger partial charge in [-0.2, -0.15) is 0 Å². The molecular formula is C18H26N2O5. The molecule has 7 heteroatoms. The zero-order valence-electron chi connectivity index (χ0n) is 14.8. The molecule has 1 heterocycles. The topological polar surface area (TPSA) is 92.9 Å². The Morgan fingerprint density at radius 1 is 1.40 bits per heavy atom. The van der Waals surface area contributed by atoms with Crippen molar-refractivity contribution >= 4 is 17.3 Å². The van der Waals surface area contributed by atoms with E-state index in [2.05, 4.69) is 4.90 Å². The Bertz CT molecular complexity index is 613. The molecule has 25 heavy (non-hydrogen) atoms. The third-order valence-electron chi connectivity index (χ3n) is 4.86. The maximum Gasteiger partial charge on any atom is 0.303 e. The summed E-state index contributed by atoms with van der Waals surface area (Å²) in [5.41, 5.74) is 1.37. The quantitative estimate of drug-likeness (QED) is 0.569. The smallest absolute Gasteiger partial charge is 0.303 e. The van der Waals surface area contributed by atoms with Crippen LogP contribution >= 0.6 is 0 Å². The van der Waals surface area contributed by atoms with Crippen LogP contribution in [0.4, 0.5) is 11.4 Å². The van der Waals surface area contributed by atoms with Gasteiger partial charge in [0, 0.05) is 31.9 Å². The zero-order valence-corrected chi connectivity index (χ0v) is 14.8. The molecule has 0 spiro atoms. The second kappa shape index (κ2) is 8.80. The van der Waals surface area contributed by atoms with Crippen LogP contribution in [0.1, 0.15) is 51.0 Å². The number of anilines is 1. The van der Waals surface area contributed by atoms with E-state index >= 15 is 0 Å². The Labute approximate surface area is 147 Å². The van der Waals surface area contributed by atoms with Crippen molar-refractivity contribution in [3.63, 3.8) is 0 Å². The Morgan fingerprint density at radius 2 is 2.08 bits per heavy atom. The Kier molecular flexibility index (Phi) is 6.75.